The molecule has 9 heteroatoms. The highest BCUT2D eigenvalue weighted by atomic mass is 32.1. The van der Waals surface area contributed by atoms with E-state index in [2.05, 4.69) is 43.2 Å². The van der Waals surface area contributed by atoms with Gasteiger partial charge in [0, 0.05) is 23.7 Å². The maximum atomic E-state index is 11.9. The number of amides is 2. The Balaban J connectivity index is 4.56. The van der Waals surface area contributed by atoms with E-state index in [1.54, 1.807) is 0 Å². The summed E-state index contributed by atoms with van der Waals surface area (Å²) in [6, 6.07) is -1.58. The van der Waals surface area contributed by atoms with Gasteiger partial charge in [-0.05, 0) is 0 Å². The van der Waals surface area contributed by atoms with Crippen LogP contribution < -0.4 is 16.8 Å². The zero-order chi connectivity index (χ0) is 15.0. The number of carbonyl (C=O) groups is 3. The SMILES string of the molecule is NC(=O)[C@H](CS)NC(=O)[C@H](CS)CC(=O)[C@@H](N)CS. The third kappa shape index (κ3) is 6.55. The van der Waals surface area contributed by atoms with E-state index < -0.39 is 29.8 Å². The van der Waals surface area contributed by atoms with E-state index in [4.69, 9.17) is 11.5 Å². The summed E-state index contributed by atoms with van der Waals surface area (Å²) >= 11 is 11.9. The van der Waals surface area contributed by atoms with Crippen molar-refractivity contribution in [3.05, 3.63) is 0 Å². The summed E-state index contributed by atoms with van der Waals surface area (Å²) in [7, 11) is 0. The molecule has 110 valence electrons. The molecule has 0 rings (SSSR count). The van der Waals surface area contributed by atoms with E-state index in [0.717, 1.165) is 0 Å². The van der Waals surface area contributed by atoms with Crippen LogP contribution in [0.3, 0.4) is 0 Å². The minimum absolute atomic E-state index is 0.0465. The third-order valence-electron chi connectivity index (χ3n) is 2.49. The van der Waals surface area contributed by atoms with Gasteiger partial charge in [0.05, 0.1) is 12.0 Å². The summed E-state index contributed by atoms with van der Waals surface area (Å²) in [5.74, 6) is -1.62. The molecule has 0 saturated carbocycles. The number of ketones is 1. The summed E-state index contributed by atoms with van der Waals surface area (Å²) in [4.78, 5) is 34.5. The Labute approximate surface area is 128 Å². The van der Waals surface area contributed by atoms with Crippen LogP contribution in [-0.4, -0.2) is 46.9 Å². The zero-order valence-corrected chi connectivity index (χ0v) is 13.0. The van der Waals surface area contributed by atoms with Crippen molar-refractivity contribution in [3.8, 4) is 0 Å². The lowest BCUT2D eigenvalue weighted by atomic mass is 10.00. The molecule has 5 N–H and O–H groups in total. The third-order valence-corrected chi connectivity index (χ3v) is 3.69. The fraction of sp³-hybridized carbons (Fsp3) is 0.700. The molecule has 0 aromatic heterocycles. The van der Waals surface area contributed by atoms with Crippen LogP contribution in [0.15, 0.2) is 0 Å². The van der Waals surface area contributed by atoms with Crippen molar-refractivity contribution in [1.29, 1.82) is 0 Å². The lowest BCUT2D eigenvalue weighted by molar-refractivity contribution is -0.131. The number of Topliss-reactive ketones (excluding diaryl/α,β-unsaturated/α-hetero) is 1. The molecule has 0 aromatic carbocycles. The molecule has 0 spiro atoms. The first-order valence-electron chi connectivity index (χ1n) is 5.57. The number of thiol groups is 3. The lowest BCUT2D eigenvalue weighted by Gasteiger charge is -2.19. The number of primary amides is 1. The molecule has 0 radical (unpaired) electrons. The minimum atomic E-state index is -0.869. The molecule has 0 aliphatic carbocycles. The van der Waals surface area contributed by atoms with E-state index in [0.29, 0.717) is 0 Å². The number of hydrogen-bond donors (Lipinski definition) is 6. The van der Waals surface area contributed by atoms with Crippen molar-refractivity contribution >= 4 is 55.5 Å². The first-order chi connectivity index (χ1) is 8.87. The fourth-order valence-corrected chi connectivity index (χ4v) is 2.00. The summed E-state index contributed by atoms with van der Waals surface area (Å²) in [6.07, 6.45) is -0.0465. The molecule has 2 amide bonds. The first-order valence-corrected chi connectivity index (χ1v) is 7.47. The monoisotopic (exact) mass is 325 g/mol. The second kappa shape index (κ2) is 9.51. The van der Waals surface area contributed by atoms with Gasteiger partial charge in [0.15, 0.2) is 5.78 Å². The second-order valence-corrected chi connectivity index (χ2v) is 5.08. The van der Waals surface area contributed by atoms with E-state index >= 15 is 0 Å². The molecule has 0 aliphatic rings. The van der Waals surface area contributed by atoms with Crippen LogP contribution in [0.1, 0.15) is 6.42 Å². The van der Waals surface area contributed by atoms with Crippen LogP contribution in [0, 0.1) is 5.92 Å². The highest BCUT2D eigenvalue weighted by Gasteiger charge is 2.26. The zero-order valence-electron chi connectivity index (χ0n) is 10.3. The van der Waals surface area contributed by atoms with Gasteiger partial charge in [-0.25, -0.2) is 0 Å². The summed E-state index contributed by atoms with van der Waals surface area (Å²) in [5, 5.41) is 2.43. The quantitative estimate of drug-likeness (QED) is 0.294. The Morgan fingerprint density at radius 1 is 1.05 bits per heavy atom. The minimum Gasteiger partial charge on any atom is -0.368 e. The van der Waals surface area contributed by atoms with Crippen molar-refractivity contribution in [1.82, 2.24) is 5.32 Å². The van der Waals surface area contributed by atoms with E-state index in [1.165, 1.54) is 0 Å². The number of rotatable bonds is 9. The Morgan fingerprint density at radius 3 is 2.00 bits per heavy atom. The summed E-state index contributed by atoms with van der Waals surface area (Å²) in [6.45, 7) is 0. The highest BCUT2D eigenvalue weighted by Crippen LogP contribution is 2.09. The van der Waals surface area contributed by atoms with Gasteiger partial charge >= 0.3 is 0 Å². The van der Waals surface area contributed by atoms with Gasteiger partial charge in [-0.2, -0.15) is 37.9 Å². The van der Waals surface area contributed by atoms with Crippen LogP contribution in [0.5, 0.6) is 0 Å². The molecule has 0 fully saturated rings. The fourth-order valence-electron chi connectivity index (χ4n) is 1.23. The van der Waals surface area contributed by atoms with Crippen molar-refractivity contribution in [3.63, 3.8) is 0 Å². The van der Waals surface area contributed by atoms with Gasteiger partial charge < -0.3 is 16.8 Å². The second-order valence-electron chi connectivity index (χ2n) is 3.99. The van der Waals surface area contributed by atoms with Crippen molar-refractivity contribution in [2.24, 2.45) is 17.4 Å². The Bertz CT molecular complexity index is 341. The lowest BCUT2D eigenvalue weighted by Crippen LogP contribution is -2.48. The van der Waals surface area contributed by atoms with Crippen molar-refractivity contribution in [2.45, 2.75) is 18.5 Å². The number of nitrogens with one attached hydrogen (secondary N) is 1. The Morgan fingerprint density at radius 2 is 1.63 bits per heavy atom. The summed E-state index contributed by atoms with van der Waals surface area (Å²) in [5.41, 5.74) is 10.6. The van der Waals surface area contributed by atoms with Gasteiger partial charge in [0.25, 0.3) is 0 Å². The molecule has 19 heavy (non-hydrogen) atoms. The Kier molecular flexibility index (Phi) is 9.32. The molecule has 3 atom stereocenters. The maximum Gasteiger partial charge on any atom is 0.240 e. The number of carbonyl (C=O) groups excluding carboxylic acids is 3. The van der Waals surface area contributed by atoms with Gasteiger partial charge in [-0.1, -0.05) is 0 Å². The highest BCUT2D eigenvalue weighted by molar-refractivity contribution is 7.80. The molecule has 0 unspecified atom stereocenters. The van der Waals surface area contributed by atoms with Crippen LogP contribution in [-0.2, 0) is 14.4 Å². The van der Waals surface area contributed by atoms with Gasteiger partial charge in [0.2, 0.25) is 11.8 Å². The standard InChI is InChI=1S/C10H19N3O3S3/c11-6(3-18)8(14)1-5(2-17)10(16)13-7(4-19)9(12)15/h5-7,17-19H,1-4,11H2,(H2,12,15)(H,13,16)/t5-,6-,7-/m0/s1. The molecular weight excluding hydrogens is 306 g/mol. The summed E-state index contributed by atoms with van der Waals surface area (Å²) < 4.78 is 0. The molecule has 0 saturated heterocycles. The van der Waals surface area contributed by atoms with Gasteiger partial charge in [0.1, 0.15) is 6.04 Å². The maximum absolute atomic E-state index is 11.9. The normalized spacial score (nSPS) is 15.4. The molecular formula is C10H19N3O3S3. The molecule has 6 nitrogen and oxygen atoms in total. The van der Waals surface area contributed by atoms with E-state index in [-0.39, 0.29) is 29.5 Å². The van der Waals surface area contributed by atoms with Crippen molar-refractivity contribution < 1.29 is 14.4 Å². The molecule has 0 aromatic rings. The average molecular weight is 325 g/mol. The molecule has 0 heterocycles. The molecule has 0 bridgehead atoms. The van der Waals surface area contributed by atoms with Crippen molar-refractivity contribution in [2.75, 3.05) is 17.3 Å². The van der Waals surface area contributed by atoms with Gasteiger partial charge in [-0.3, -0.25) is 14.4 Å². The van der Waals surface area contributed by atoms with E-state index in [1.807, 2.05) is 0 Å². The van der Waals surface area contributed by atoms with E-state index in [9.17, 15) is 14.4 Å². The topological polar surface area (TPSA) is 115 Å². The first kappa shape index (κ1) is 18.6. The predicted molar refractivity (Wildman–Crippen MR) is 83.8 cm³/mol. The predicted octanol–water partition coefficient (Wildman–Crippen LogP) is -1.35. The van der Waals surface area contributed by atoms with Crippen LogP contribution in [0.4, 0.5) is 0 Å². The number of nitrogens with two attached hydrogens (primary N) is 2. The Hall–Kier alpha value is -0.380. The van der Waals surface area contributed by atoms with Crippen LogP contribution >= 0.6 is 37.9 Å². The molecule has 0 aliphatic heterocycles. The largest absolute Gasteiger partial charge is 0.368 e. The number of hydrogen-bond acceptors (Lipinski definition) is 7. The van der Waals surface area contributed by atoms with Gasteiger partial charge in [-0.15, -0.1) is 0 Å². The van der Waals surface area contributed by atoms with Crippen LogP contribution in [0.2, 0.25) is 0 Å². The smallest absolute Gasteiger partial charge is 0.240 e. The average Bonchev–Trinajstić information content (AvgIpc) is 2.39. The van der Waals surface area contributed by atoms with Crippen LogP contribution in [0.25, 0.3) is 0 Å².